The molecule has 0 bridgehead atoms. The molecule has 0 radical (unpaired) electrons. The van der Waals surface area contributed by atoms with Gasteiger partial charge in [-0.15, -0.1) is 11.3 Å². The lowest BCUT2D eigenvalue weighted by Gasteiger charge is -2.14. The van der Waals surface area contributed by atoms with Crippen molar-refractivity contribution in [3.8, 4) is 0 Å². The molecule has 8 nitrogen and oxygen atoms in total. The van der Waals surface area contributed by atoms with Crippen molar-refractivity contribution in [1.29, 1.82) is 0 Å². The van der Waals surface area contributed by atoms with Gasteiger partial charge in [-0.05, 0) is 50.2 Å². The molecular weight excluding hydrogens is 412 g/mol. The van der Waals surface area contributed by atoms with Crippen LogP contribution in [0.4, 0.5) is 0 Å². The van der Waals surface area contributed by atoms with Crippen LogP contribution in [0, 0.1) is 17.0 Å². The fourth-order valence-corrected chi connectivity index (χ4v) is 4.15. The molecule has 0 fully saturated rings. The van der Waals surface area contributed by atoms with E-state index in [1.54, 1.807) is 11.8 Å². The summed E-state index contributed by atoms with van der Waals surface area (Å²) in [6.07, 6.45) is 0.173. The van der Waals surface area contributed by atoms with Crippen molar-refractivity contribution in [3.63, 3.8) is 0 Å². The number of aryl methyl sites for hydroxylation is 1. The third-order valence-corrected chi connectivity index (χ3v) is 5.93. The number of nitrogens with zero attached hydrogens (tertiary/aromatic N) is 2. The van der Waals surface area contributed by atoms with Gasteiger partial charge >= 0.3 is 0 Å². The average Bonchev–Trinajstić information content (AvgIpc) is 3.27. The first-order chi connectivity index (χ1) is 13.8. The van der Waals surface area contributed by atoms with Crippen LogP contribution in [0.25, 0.3) is 0 Å². The lowest BCUT2D eigenvalue weighted by Crippen LogP contribution is -2.31. The lowest BCUT2D eigenvalue weighted by atomic mass is 10.2. The molecule has 29 heavy (non-hydrogen) atoms. The van der Waals surface area contributed by atoms with Crippen LogP contribution in [0.15, 0.2) is 40.0 Å². The van der Waals surface area contributed by atoms with Gasteiger partial charge < -0.3 is 25.1 Å². The Labute approximate surface area is 179 Å². The van der Waals surface area contributed by atoms with Gasteiger partial charge in [0.2, 0.25) is 0 Å². The molecule has 2 rings (SSSR count). The zero-order chi connectivity index (χ0) is 21.2. The van der Waals surface area contributed by atoms with E-state index in [-0.39, 0.29) is 12.4 Å². The first kappa shape index (κ1) is 23.3. The molecule has 2 aromatic rings. The maximum absolute atomic E-state index is 10.8. The minimum atomic E-state index is -0.713. The van der Waals surface area contributed by atoms with E-state index < -0.39 is 11.0 Å². The van der Waals surface area contributed by atoms with E-state index in [1.807, 2.05) is 49.5 Å². The third-order valence-electron chi connectivity index (χ3n) is 3.80. The smallest absolute Gasteiger partial charge is 0.274 e. The normalized spacial score (nSPS) is 12.9. The number of nitrogens with one attached hydrogen (secondary N) is 2. The molecule has 0 aliphatic heterocycles. The molecule has 0 spiro atoms. The van der Waals surface area contributed by atoms with Crippen molar-refractivity contribution >= 4 is 23.1 Å². The minimum Gasteiger partial charge on any atom is -0.464 e. The van der Waals surface area contributed by atoms with Gasteiger partial charge in [-0.3, -0.25) is 10.1 Å². The summed E-state index contributed by atoms with van der Waals surface area (Å²) in [7, 11) is 3.99. The molecule has 160 valence electrons. The van der Waals surface area contributed by atoms with Gasteiger partial charge in [0.15, 0.2) is 5.82 Å². The summed E-state index contributed by atoms with van der Waals surface area (Å²) in [5, 5.41) is 29.0. The van der Waals surface area contributed by atoms with Crippen LogP contribution in [0.1, 0.15) is 28.1 Å². The average molecular weight is 441 g/mol. The molecule has 0 amide bonds. The molecule has 10 heteroatoms. The monoisotopic (exact) mass is 440 g/mol. The van der Waals surface area contributed by atoms with Crippen LogP contribution in [0.3, 0.4) is 0 Å². The Kier molecular flexibility index (Phi) is 9.52. The van der Waals surface area contributed by atoms with Crippen molar-refractivity contribution in [1.82, 2.24) is 15.5 Å². The van der Waals surface area contributed by atoms with E-state index >= 15 is 0 Å². The number of aliphatic hydroxyl groups is 1. The van der Waals surface area contributed by atoms with Gasteiger partial charge in [-0.2, -0.15) is 11.8 Å². The van der Waals surface area contributed by atoms with Gasteiger partial charge in [-0.25, -0.2) is 0 Å². The summed E-state index contributed by atoms with van der Waals surface area (Å²) < 4.78 is 5.76. The van der Waals surface area contributed by atoms with Crippen LogP contribution < -0.4 is 10.6 Å². The van der Waals surface area contributed by atoms with Crippen molar-refractivity contribution in [2.45, 2.75) is 25.3 Å². The second-order valence-corrected chi connectivity index (χ2v) is 8.88. The molecular formula is C19H28N4O4S2. The topological polar surface area (TPSA) is 104 Å². The Hall–Kier alpha value is -2.01. The highest BCUT2D eigenvalue weighted by molar-refractivity contribution is 7.98. The summed E-state index contributed by atoms with van der Waals surface area (Å²) in [5.41, 5.74) is 1.09. The standard InChI is InChI=1S/C19H28N4O4S2/c1-14-8-18(29-12-14)17(24)9-21-19(11-23(25)26)20-6-7-28-13-16-5-4-15(27-16)10-22(2)3/h4-5,8,11-12,17,20-21,24H,6-7,9-10,13H2,1-3H3. The second kappa shape index (κ2) is 11.9. The predicted octanol–water partition coefficient (Wildman–Crippen LogP) is 2.93. The van der Waals surface area contributed by atoms with Crippen LogP contribution in [-0.4, -0.2) is 47.9 Å². The first-order valence-corrected chi connectivity index (χ1v) is 11.2. The van der Waals surface area contributed by atoms with E-state index in [0.29, 0.717) is 6.54 Å². The van der Waals surface area contributed by atoms with E-state index in [9.17, 15) is 15.2 Å². The quantitative estimate of drug-likeness (QED) is 0.248. The largest absolute Gasteiger partial charge is 0.464 e. The fraction of sp³-hybridized carbons (Fsp3) is 0.474. The number of hydrogen-bond donors (Lipinski definition) is 3. The van der Waals surface area contributed by atoms with E-state index in [4.69, 9.17) is 4.42 Å². The highest BCUT2D eigenvalue weighted by Gasteiger charge is 2.11. The molecule has 2 heterocycles. The minimum absolute atomic E-state index is 0.195. The summed E-state index contributed by atoms with van der Waals surface area (Å²) in [4.78, 5) is 13.2. The lowest BCUT2D eigenvalue weighted by molar-refractivity contribution is -0.404. The Morgan fingerprint density at radius 2 is 2.17 bits per heavy atom. The number of nitro groups is 1. The van der Waals surface area contributed by atoms with Gasteiger partial charge in [0.05, 0.1) is 17.2 Å². The number of thiophene rings is 1. The third kappa shape index (κ3) is 8.90. The number of furan rings is 1. The van der Waals surface area contributed by atoms with Gasteiger partial charge in [0.25, 0.3) is 6.20 Å². The summed E-state index contributed by atoms with van der Waals surface area (Å²) >= 11 is 3.15. The van der Waals surface area contributed by atoms with Gasteiger partial charge in [0.1, 0.15) is 17.6 Å². The van der Waals surface area contributed by atoms with Crippen LogP contribution in [0.2, 0.25) is 0 Å². The second-order valence-electron chi connectivity index (χ2n) is 6.84. The summed E-state index contributed by atoms with van der Waals surface area (Å²) in [5.74, 6) is 3.64. The zero-order valence-electron chi connectivity index (χ0n) is 16.9. The van der Waals surface area contributed by atoms with Crippen LogP contribution >= 0.6 is 23.1 Å². The fourth-order valence-electron chi connectivity index (χ4n) is 2.52. The van der Waals surface area contributed by atoms with Crippen molar-refractivity contribution in [2.24, 2.45) is 0 Å². The molecule has 3 N–H and O–H groups in total. The molecule has 0 aromatic carbocycles. The van der Waals surface area contributed by atoms with Crippen molar-refractivity contribution in [2.75, 3.05) is 32.9 Å². The van der Waals surface area contributed by atoms with E-state index in [1.165, 1.54) is 11.3 Å². The zero-order valence-corrected chi connectivity index (χ0v) is 18.5. The first-order valence-electron chi connectivity index (χ1n) is 9.19. The van der Waals surface area contributed by atoms with Crippen LogP contribution in [-0.2, 0) is 12.3 Å². The molecule has 0 saturated carbocycles. The van der Waals surface area contributed by atoms with Gasteiger partial charge in [-0.1, -0.05) is 0 Å². The number of thioether (sulfide) groups is 1. The molecule has 1 atom stereocenters. The predicted molar refractivity (Wildman–Crippen MR) is 117 cm³/mol. The van der Waals surface area contributed by atoms with E-state index in [2.05, 4.69) is 10.6 Å². The Morgan fingerprint density at radius 3 is 2.83 bits per heavy atom. The number of rotatable bonds is 13. The Bertz CT molecular complexity index is 804. The van der Waals surface area contributed by atoms with Crippen LogP contribution in [0.5, 0.6) is 0 Å². The van der Waals surface area contributed by atoms with Gasteiger partial charge in [0, 0.05) is 23.7 Å². The molecule has 0 aliphatic carbocycles. The Morgan fingerprint density at radius 1 is 1.41 bits per heavy atom. The number of aliphatic hydroxyl groups excluding tert-OH is 1. The SMILES string of the molecule is Cc1csc(C(O)CNC(=C[N+](=O)[O-])NCCSCc2ccc(CN(C)C)o2)c1. The highest BCUT2D eigenvalue weighted by atomic mass is 32.2. The molecule has 2 aromatic heterocycles. The maximum Gasteiger partial charge on any atom is 0.274 e. The molecule has 0 saturated heterocycles. The molecule has 0 aliphatic rings. The summed E-state index contributed by atoms with van der Waals surface area (Å²) in [6.45, 7) is 3.48. The summed E-state index contributed by atoms with van der Waals surface area (Å²) in [6, 6.07) is 5.87. The van der Waals surface area contributed by atoms with Crippen molar-refractivity contribution in [3.05, 3.63) is 67.7 Å². The van der Waals surface area contributed by atoms with E-state index in [0.717, 1.165) is 46.2 Å². The van der Waals surface area contributed by atoms with Crippen molar-refractivity contribution < 1.29 is 14.4 Å². The Balaban J connectivity index is 1.71. The molecule has 1 unspecified atom stereocenters. The maximum atomic E-state index is 10.8. The number of hydrogen-bond acceptors (Lipinski definition) is 9. The highest BCUT2D eigenvalue weighted by Crippen LogP contribution is 2.21.